The van der Waals surface area contributed by atoms with Crippen molar-refractivity contribution in [3.8, 4) is 5.75 Å². The van der Waals surface area contributed by atoms with Crippen LogP contribution >= 0.6 is 11.6 Å². The molecule has 0 radical (unpaired) electrons. The molecule has 2 rings (SSSR count). The molecular formula is C23H27ClN2O5. The van der Waals surface area contributed by atoms with Crippen LogP contribution in [0.5, 0.6) is 5.75 Å². The molecule has 1 atom stereocenters. The number of aromatic nitrogens is 1. The minimum Gasteiger partial charge on any atom is -0.484 e. The van der Waals surface area contributed by atoms with E-state index in [1.165, 1.54) is 12.0 Å². The fourth-order valence-electron chi connectivity index (χ4n) is 3.45. The maximum Gasteiger partial charge on any atom is 0.354 e. The lowest BCUT2D eigenvalue weighted by Crippen LogP contribution is -2.45. The van der Waals surface area contributed by atoms with E-state index in [-0.39, 0.29) is 24.8 Å². The highest BCUT2D eigenvalue weighted by atomic mass is 35.5. The van der Waals surface area contributed by atoms with E-state index < -0.39 is 12.0 Å². The second-order valence-corrected chi connectivity index (χ2v) is 7.54. The number of amides is 1. The number of halogens is 1. The van der Waals surface area contributed by atoms with E-state index in [1.54, 1.807) is 62.7 Å². The molecule has 1 heterocycles. The van der Waals surface area contributed by atoms with E-state index >= 15 is 0 Å². The summed E-state index contributed by atoms with van der Waals surface area (Å²) >= 11 is 5.86. The highest BCUT2D eigenvalue weighted by Crippen LogP contribution is 2.25. The number of rotatable bonds is 9. The minimum absolute atomic E-state index is 0.171. The SMILES string of the molecule is C=CCN(C(=O)COc1ccc(Cl)cc1)C(C)C(=O)c1c(C)c(C(=O)OC)n(C)c1C. The largest absolute Gasteiger partial charge is 0.484 e. The van der Waals surface area contributed by atoms with Gasteiger partial charge in [0.25, 0.3) is 5.91 Å². The molecule has 7 nitrogen and oxygen atoms in total. The number of hydrogen-bond acceptors (Lipinski definition) is 5. The van der Waals surface area contributed by atoms with Gasteiger partial charge in [-0.1, -0.05) is 17.7 Å². The van der Waals surface area contributed by atoms with Crippen molar-refractivity contribution >= 4 is 29.3 Å². The van der Waals surface area contributed by atoms with Crippen molar-refractivity contribution in [2.75, 3.05) is 20.3 Å². The molecule has 0 aliphatic carbocycles. The third-order valence-corrected chi connectivity index (χ3v) is 5.48. The summed E-state index contributed by atoms with van der Waals surface area (Å²) in [7, 11) is 2.99. The van der Waals surface area contributed by atoms with Gasteiger partial charge in [0, 0.05) is 29.9 Å². The van der Waals surface area contributed by atoms with Crippen LogP contribution in [-0.4, -0.2) is 53.4 Å². The number of benzene rings is 1. The Bertz CT molecular complexity index is 994. The van der Waals surface area contributed by atoms with Crippen LogP contribution in [0.4, 0.5) is 0 Å². The van der Waals surface area contributed by atoms with Gasteiger partial charge >= 0.3 is 5.97 Å². The molecule has 0 fully saturated rings. The first-order valence-electron chi connectivity index (χ1n) is 9.71. The monoisotopic (exact) mass is 446 g/mol. The molecule has 2 aromatic rings. The normalized spacial score (nSPS) is 11.5. The average molecular weight is 447 g/mol. The van der Waals surface area contributed by atoms with Crippen molar-refractivity contribution in [1.29, 1.82) is 0 Å². The number of carbonyl (C=O) groups is 3. The third kappa shape index (κ3) is 5.17. The Kier molecular flexibility index (Phi) is 8.05. The van der Waals surface area contributed by atoms with E-state index in [9.17, 15) is 14.4 Å². The smallest absolute Gasteiger partial charge is 0.354 e. The topological polar surface area (TPSA) is 77.8 Å². The summed E-state index contributed by atoms with van der Waals surface area (Å²) < 4.78 is 12.0. The van der Waals surface area contributed by atoms with E-state index in [0.717, 1.165) is 0 Å². The molecule has 0 bridgehead atoms. The van der Waals surface area contributed by atoms with Gasteiger partial charge in [-0.25, -0.2) is 4.79 Å². The Morgan fingerprint density at radius 2 is 1.84 bits per heavy atom. The number of hydrogen-bond donors (Lipinski definition) is 0. The Labute approximate surface area is 187 Å². The first-order valence-corrected chi connectivity index (χ1v) is 10.1. The lowest BCUT2D eigenvalue weighted by molar-refractivity contribution is -0.134. The summed E-state index contributed by atoms with van der Waals surface area (Å²) in [6.45, 7) is 8.71. The molecule has 1 unspecified atom stereocenters. The van der Waals surface area contributed by atoms with Gasteiger partial charge in [0.2, 0.25) is 0 Å². The molecule has 0 aliphatic rings. The fraction of sp³-hybridized carbons (Fsp3) is 0.348. The number of nitrogens with zero attached hydrogens (tertiary/aromatic N) is 2. The lowest BCUT2D eigenvalue weighted by Gasteiger charge is -2.27. The number of esters is 1. The Balaban J connectivity index is 2.26. The maximum atomic E-state index is 13.3. The Morgan fingerprint density at radius 1 is 1.23 bits per heavy atom. The molecule has 166 valence electrons. The van der Waals surface area contributed by atoms with Gasteiger partial charge < -0.3 is 18.9 Å². The molecule has 8 heteroatoms. The zero-order valence-corrected chi connectivity index (χ0v) is 19.2. The number of methoxy groups -OCH3 is 1. The van der Waals surface area contributed by atoms with Crippen LogP contribution in [0.3, 0.4) is 0 Å². The van der Waals surface area contributed by atoms with Crippen molar-refractivity contribution in [3.63, 3.8) is 0 Å². The summed E-state index contributed by atoms with van der Waals surface area (Å²) in [5, 5.41) is 0.561. The minimum atomic E-state index is -0.787. The van der Waals surface area contributed by atoms with Crippen molar-refractivity contribution in [3.05, 3.63) is 64.5 Å². The first kappa shape index (κ1) is 24.2. The Morgan fingerprint density at radius 3 is 2.39 bits per heavy atom. The zero-order chi connectivity index (χ0) is 23.3. The van der Waals surface area contributed by atoms with Crippen molar-refractivity contribution < 1.29 is 23.9 Å². The summed E-state index contributed by atoms with van der Waals surface area (Å²) in [6, 6.07) is 5.86. The molecule has 0 saturated heterocycles. The van der Waals surface area contributed by atoms with Crippen LogP contribution in [0.25, 0.3) is 0 Å². The van der Waals surface area contributed by atoms with Crippen LogP contribution in [-0.2, 0) is 16.6 Å². The second kappa shape index (κ2) is 10.3. The summed E-state index contributed by atoms with van der Waals surface area (Å²) in [5.74, 6) is -0.671. The quantitative estimate of drug-likeness (QED) is 0.333. The fourth-order valence-corrected chi connectivity index (χ4v) is 3.58. The predicted molar refractivity (Wildman–Crippen MR) is 119 cm³/mol. The molecule has 31 heavy (non-hydrogen) atoms. The molecule has 0 saturated carbocycles. The van der Waals surface area contributed by atoms with E-state index in [2.05, 4.69) is 6.58 Å². The van der Waals surface area contributed by atoms with E-state index in [4.69, 9.17) is 21.1 Å². The lowest BCUT2D eigenvalue weighted by atomic mass is 9.99. The number of ketones is 1. The van der Waals surface area contributed by atoms with Gasteiger partial charge in [0.1, 0.15) is 11.4 Å². The van der Waals surface area contributed by atoms with Gasteiger partial charge in [-0.2, -0.15) is 0 Å². The third-order valence-electron chi connectivity index (χ3n) is 5.22. The first-order chi connectivity index (χ1) is 14.6. The van der Waals surface area contributed by atoms with Crippen molar-refractivity contribution in [2.45, 2.75) is 26.8 Å². The van der Waals surface area contributed by atoms with Gasteiger partial charge in [-0.15, -0.1) is 6.58 Å². The molecule has 0 N–H and O–H groups in total. The summed E-state index contributed by atoms with van der Waals surface area (Å²) in [4.78, 5) is 39.7. The predicted octanol–water partition coefficient (Wildman–Crippen LogP) is 3.75. The van der Waals surface area contributed by atoms with Gasteiger partial charge in [-0.3, -0.25) is 9.59 Å². The number of carbonyl (C=O) groups excluding carboxylic acids is 3. The average Bonchev–Trinajstić information content (AvgIpc) is 2.98. The molecule has 0 aliphatic heterocycles. The van der Waals surface area contributed by atoms with Crippen molar-refractivity contribution in [2.24, 2.45) is 7.05 Å². The molecular weight excluding hydrogens is 420 g/mol. The second-order valence-electron chi connectivity index (χ2n) is 7.10. The van der Waals surface area contributed by atoms with E-state index in [1.807, 2.05) is 0 Å². The summed E-state index contributed by atoms with van der Waals surface area (Å²) in [6.07, 6.45) is 1.55. The van der Waals surface area contributed by atoms with Gasteiger partial charge in [0.15, 0.2) is 12.4 Å². The number of Topliss-reactive ketones (excluding diaryl/α,β-unsaturated/α-hetero) is 1. The maximum absolute atomic E-state index is 13.3. The molecule has 1 amide bonds. The van der Waals surface area contributed by atoms with E-state index in [0.29, 0.717) is 33.3 Å². The van der Waals surface area contributed by atoms with Crippen LogP contribution in [0.15, 0.2) is 36.9 Å². The van der Waals surface area contributed by atoms with Crippen LogP contribution in [0, 0.1) is 13.8 Å². The van der Waals surface area contributed by atoms with Crippen LogP contribution in [0.2, 0.25) is 5.02 Å². The van der Waals surface area contributed by atoms with Crippen molar-refractivity contribution in [1.82, 2.24) is 9.47 Å². The molecule has 1 aromatic heterocycles. The molecule has 1 aromatic carbocycles. The van der Waals surface area contributed by atoms with Crippen LogP contribution in [0.1, 0.15) is 39.0 Å². The molecule has 0 spiro atoms. The highest BCUT2D eigenvalue weighted by Gasteiger charge is 2.32. The highest BCUT2D eigenvalue weighted by molar-refractivity contribution is 6.30. The standard InChI is InChI=1S/C23H27ClN2O5/c1-7-12-26(19(27)13-31-18-10-8-17(24)9-11-18)16(4)22(28)20-14(2)21(23(29)30-6)25(5)15(20)3/h7-11,16H,1,12-13H2,2-6H3. The van der Waals surface area contributed by atoms with Gasteiger partial charge in [0.05, 0.1) is 13.2 Å². The van der Waals surface area contributed by atoms with Crippen LogP contribution < -0.4 is 4.74 Å². The number of ether oxygens (including phenoxy) is 2. The Hall–Kier alpha value is -3.06. The summed E-state index contributed by atoms with van der Waals surface area (Å²) in [5.41, 5.74) is 1.85. The van der Waals surface area contributed by atoms with Gasteiger partial charge in [-0.05, 0) is 50.6 Å². The zero-order valence-electron chi connectivity index (χ0n) is 18.4.